The van der Waals surface area contributed by atoms with Gasteiger partial charge in [-0.15, -0.1) is 0 Å². The second-order valence-electron chi connectivity index (χ2n) is 7.91. The van der Waals surface area contributed by atoms with Crippen LogP contribution in [0.4, 0.5) is 0 Å². The van der Waals surface area contributed by atoms with Gasteiger partial charge in [-0.25, -0.2) is 0 Å². The van der Waals surface area contributed by atoms with Gasteiger partial charge < -0.3 is 14.4 Å². The van der Waals surface area contributed by atoms with Crippen LogP contribution >= 0.6 is 0 Å². The van der Waals surface area contributed by atoms with Crippen LogP contribution in [0, 0.1) is 5.41 Å². The van der Waals surface area contributed by atoms with Gasteiger partial charge in [0.1, 0.15) is 0 Å². The number of carbonyl (C=O) groups excluding carboxylic acids is 1. The summed E-state index contributed by atoms with van der Waals surface area (Å²) in [6, 6.07) is 12.0. The summed E-state index contributed by atoms with van der Waals surface area (Å²) in [5, 5.41) is 0. The number of fused-ring (bicyclic) bond motifs is 1. The number of ether oxygens (including phenoxy) is 2. The van der Waals surface area contributed by atoms with Crippen molar-refractivity contribution in [1.82, 2.24) is 9.88 Å². The third kappa shape index (κ3) is 4.24. The number of amides is 1. The monoisotopic (exact) mass is 366 g/mol. The fourth-order valence-corrected chi connectivity index (χ4v) is 4.16. The molecule has 0 saturated carbocycles. The Morgan fingerprint density at radius 2 is 2.11 bits per heavy atom. The lowest BCUT2D eigenvalue weighted by Gasteiger charge is -2.41. The van der Waals surface area contributed by atoms with Gasteiger partial charge in [0.2, 0.25) is 12.7 Å². The lowest BCUT2D eigenvalue weighted by molar-refractivity contribution is -0.134. The third-order valence-electron chi connectivity index (χ3n) is 5.52. The van der Waals surface area contributed by atoms with E-state index in [0.717, 1.165) is 49.5 Å². The van der Waals surface area contributed by atoms with Gasteiger partial charge in [-0.1, -0.05) is 19.1 Å². The molecule has 0 spiro atoms. The summed E-state index contributed by atoms with van der Waals surface area (Å²) >= 11 is 0. The van der Waals surface area contributed by atoms with E-state index in [0.29, 0.717) is 19.6 Å². The number of aryl methyl sites for hydroxylation is 1. The summed E-state index contributed by atoms with van der Waals surface area (Å²) in [5.41, 5.74) is 2.31. The number of nitrogens with zero attached hydrogens (tertiary/aromatic N) is 2. The van der Waals surface area contributed by atoms with E-state index in [1.165, 1.54) is 5.56 Å². The van der Waals surface area contributed by atoms with Gasteiger partial charge in [0.15, 0.2) is 11.5 Å². The van der Waals surface area contributed by atoms with Crippen molar-refractivity contribution >= 4 is 5.91 Å². The maximum absolute atomic E-state index is 12.7. The van der Waals surface area contributed by atoms with Crippen LogP contribution in [0.5, 0.6) is 11.5 Å². The molecule has 5 nitrogen and oxygen atoms in total. The number of hydrogen-bond acceptors (Lipinski definition) is 4. The molecule has 1 fully saturated rings. The van der Waals surface area contributed by atoms with Gasteiger partial charge in [-0.05, 0) is 60.9 Å². The number of carbonyl (C=O) groups is 1. The average Bonchev–Trinajstić information content (AvgIpc) is 3.14. The molecular formula is C22H26N2O3. The van der Waals surface area contributed by atoms with Crippen molar-refractivity contribution in [3.63, 3.8) is 0 Å². The normalized spacial score (nSPS) is 21.3. The molecule has 4 rings (SSSR count). The lowest BCUT2D eigenvalue weighted by Crippen LogP contribution is -2.45. The lowest BCUT2D eigenvalue weighted by atomic mass is 9.77. The van der Waals surface area contributed by atoms with Gasteiger partial charge in [0.25, 0.3) is 0 Å². The molecule has 2 aromatic rings. The Hall–Kier alpha value is -2.56. The molecule has 0 radical (unpaired) electrons. The number of likely N-dealkylation sites (tertiary alicyclic amines) is 1. The minimum atomic E-state index is 0.0899. The highest BCUT2D eigenvalue weighted by atomic mass is 16.7. The van der Waals surface area contributed by atoms with Gasteiger partial charge in [-0.2, -0.15) is 0 Å². The first-order chi connectivity index (χ1) is 13.1. The number of piperidine rings is 1. The molecule has 142 valence electrons. The fourth-order valence-electron chi connectivity index (χ4n) is 4.16. The summed E-state index contributed by atoms with van der Waals surface area (Å²) in [5.74, 6) is 1.88. The smallest absolute Gasteiger partial charge is 0.231 e. The minimum absolute atomic E-state index is 0.0899. The molecule has 0 aliphatic carbocycles. The van der Waals surface area contributed by atoms with Crippen LogP contribution in [0.3, 0.4) is 0 Å². The van der Waals surface area contributed by atoms with Crippen LogP contribution in [0.1, 0.15) is 37.4 Å². The Kier molecular flexibility index (Phi) is 5.01. The zero-order chi connectivity index (χ0) is 18.7. The van der Waals surface area contributed by atoms with E-state index >= 15 is 0 Å². The molecule has 1 unspecified atom stereocenters. The number of benzene rings is 1. The van der Waals surface area contributed by atoms with Crippen LogP contribution in [0.25, 0.3) is 0 Å². The summed E-state index contributed by atoms with van der Waals surface area (Å²) in [6.07, 6.45) is 6.13. The standard InChI is InChI=1S/C22H26N2O3/c1-22(14-17-6-8-19-20(13-17)27-16-26-19)10-4-12-24(15-22)21(25)9-7-18-5-2-3-11-23-18/h2-3,5-6,8,11,13H,4,7,9-10,12,14-16H2,1H3. The molecule has 1 saturated heterocycles. The predicted molar refractivity (Wildman–Crippen MR) is 103 cm³/mol. The van der Waals surface area contributed by atoms with Crippen molar-refractivity contribution in [1.29, 1.82) is 0 Å². The van der Waals surface area contributed by atoms with E-state index in [2.05, 4.69) is 24.0 Å². The van der Waals surface area contributed by atoms with E-state index in [-0.39, 0.29) is 11.3 Å². The molecule has 1 atom stereocenters. The van der Waals surface area contributed by atoms with Crippen molar-refractivity contribution in [2.24, 2.45) is 5.41 Å². The van der Waals surface area contributed by atoms with E-state index in [9.17, 15) is 4.79 Å². The highest BCUT2D eigenvalue weighted by Gasteiger charge is 2.33. The molecule has 1 aromatic carbocycles. The van der Waals surface area contributed by atoms with Gasteiger partial charge in [-0.3, -0.25) is 9.78 Å². The van der Waals surface area contributed by atoms with Crippen LogP contribution in [0.2, 0.25) is 0 Å². The van der Waals surface area contributed by atoms with Crippen LogP contribution < -0.4 is 9.47 Å². The largest absolute Gasteiger partial charge is 0.454 e. The topological polar surface area (TPSA) is 51.7 Å². The summed E-state index contributed by atoms with van der Waals surface area (Å²) in [7, 11) is 0. The number of pyridine rings is 1. The summed E-state index contributed by atoms with van der Waals surface area (Å²) < 4.78 is 10.9. The molecule has 3 heterocycles. The van der Waals surface area contributed by atoms with Crippen molar-refractivity contribution in [2.75, 3.05) is 19.9 Å². The van der Waals surface area contributed by atoms with Crippen LogP contribution in [-0.2, 0) is 17.6 Å². The van der Waals surface area contributed by atoms with Gasteiger partial charge in [0, 0.05) is 31.4 Å². The summed E-state index contributed by atoms with van der Waals surface area (Å²) in [6.45, 7) is 4.25. The van der Waals surface area contributed by atoms with Gasteiger partial charge >= 0.3 is 0 Å². The Bertz CT molecular complexity index is 808. The average molecular weight is 366 g/mol. The molecule has 1 amide bonds. The minimum Gasteiger partial charge on any atom is -0.454 e. The Morgan fingerprint density at radius 3 is 2.96 bits per heavy atom. The van der Waals surface area contributed by atoms with E-state index in [1.54, 1.807) is 6.20 Å². The highest BCUT2D eigenvalue weighted by Crippen LogP contribution is 2.37. The SMILES string of the molecule is CC1(Cc2ccc3c(c2)OCO3)CCCN(C(=O)CCc2ccccn2)C1. The quantitative estimate of drug-likeness (QED) is 0.811. The second kappa shape index (κ2) is 7.59. The number of hydrogen-bond donors (Lipinski definition) is 0. The zero-order valence-corrected chi connectivity index (χ0v) is 15.8. The van der Waals surface area contributed by atoms with E-state index in [1.807, 2.05) is 29.2 Å². The first-order valence-corrected chi connectivity index (χ1v) is 9.68. The molecule has 1 aromatic heterocycles. The second-order valence-corrected chi connectivity index (χ2v) is 7.91. The third-order valence-corrected chi connectivity index (χ3v) is 5.52. The Labute approximate surface area is 160 Å². The Balaban J connectivity index is 1.37. The van der Waals surface area contributed by atoms with Crippen LogP contribution in [0.15, 0.2) is 42.6 Å². The van der Waals surface area contributed by atoms with Gasteiger partial charge in [0.05, 0.1) is 0 Å². The van der Waals surface area contributed by atoms with Crippen molar-refractivity contribution in [2.45, 2.75) is 39.0 Å². The number of rotatable bonds is 5. The first-order valence-electron chi connectivity index (χ1n) is 9.68. The van der Waals surface area contributed by atoms with E-state index < -0.39 is 0 Å². The van der Waals surface area contributed by atoms with Crippen molar-refractivity contribution < 1.29 is 14.3 Å². The molecule has 5 heteroatoms. The molecule has 0 N–H and O–H groups in total. The number of aromatic nitrogens is 1. The van der Waals surface area contributed by atoms with E-state index in [4.69, 9.17) is 9.47 Å². The van der Waals surface area contributed by atoms with Crippen molar-refractivity contribution in [3.05, 3.63) is 53.9 Å². The molecular weight excluding hydrogens is 340 g/mol. The zero-order valence-electron chi connectivity index (χ0n) is 15.8. The predicted octanol–water partition coefficient (Wildman–Crippen LogP) is 3.61. The van der Waals surface area contributed by atoms with Crippen LogP contribution in [-0.4, -0.2) is 35.7 Å². The molecule has 0 bridgehead atoms. The molecule has 27 heavy (non-hydrogen) atoms. The fraction of sp³-hybridized carbons (Fsp3) is 0.455. The first kappa shape index (κ1) is 17.8. The Morgan fingerprint density at radius 1 is 1.22 bits per heavy atom. The molecule has 2 aliphatic rings. The summed E-state index contributed by atoms with van der Waals surface area (Å²) in [4.78, 5) is 19.1. The van der Waals surface area contributed by atoms with Crippen molar-refractivity contribution in [3.8, 4) is 11.5 Å². The maximum atomic E-state index is 12.7. The maximum Gasteiger partial charge on any atom is 0.231 e. The highest BCUT2D eigenvalue weighted by molar-refractivity contribution is 5.76. The molecule has 2 aliphatic heterocycles.